The minimum Gasteiger partial charge on any atom is -0.619 e. The van der Waals surface area contributed by atoms with E-state index < -0.39 is 0 Å². The van der Waals surface area contributed by atoms with Crippen LogP contribution >= 0.6 is 0 Å². The average molecular weight is 282 g/mol. The van der Waals surface area contributed by atoms with Crippen molar-refractivity contribution in [3.05, 3.63) is 71.2 Å². The molecule has 1 heterocycles. The number of amides is 1. The van der Waals surface area contributed by atoms with Gasteiger partial charge in [0, 0.05) is 30.3 Å². The number of ketones is 1. The van der Waals surface area contributed by atoms with E-state index >= 15 is 0 Å². The van der Waals surface area contributed by atoms with E-state index in [2.05, 4.69) is 5.32 Å². The van der Waals surface area contributed by atoms with Crippen LogP contribution in [0.4, 0.5) is 5.69 Å². The molecule has 0 atom stereocenters. The Labute approximate surface area is 122 Å². The number of rotatable bonds is 4. The summed E-state index contributed by atoms with van der Waals surface area (Å²) in [7, 11) is 0. The van der Waals surface area contributed by atoms with Crippen LogP contribution in [-0.2, 0) is 4.79 Å². The van der Waals surface area contributed by atoms with Crippen molar-refractivity contribution in [2.24, 2.45) is 0 Å². The minimum absolute atomic E-state index is 0.131. The zero-order valence-electron chi connectivity index (χ0n) is 11.4. The van der Waals surface area contributed by atoms with Crippen molar-refractivity contribution in [2.75, 3.05) is 5.32 Å². The molecular weight excluding hydrogens is 268 g/mol. The summed E-state index contributed by atoms with van der Waals surface area (Å²) >= 11 is 0. The van der Waals surface area contributed by atoms with Crippen LogP contribution in [0.1, 0.15) is 22.8 Å². The number of carbonyl (C=O) groups excluding carboxylic acids is 2. The second-order valence-electron chi connectivity index (χ2n) is 4.45. The molecule has 0 bridgehead atoms. The first-order valence-corrected chi connectivity index (χ1v) is 6.33. The Kier molecular flexibility index (Phi) is 4.46. The fourth-order valence-corrected chi connectivity index (χ4v) is 1.73. The quantitative estimate of drug-likeness (QED) is 0.404. The van der Waals surface area contributed by atoms with Crippen molar-refractivity contribution in [3.63, 3.8) is 0 Å². The van der Waals surface area contributed by atoms with E-state index in [1.54, 1.807) is 30.3 Å². The standard InChI is InChI=1S/C16H14N2O3/c1-12(19)17-15-5-2-13(3-6-15)4-7-16(20)14-8-10-18(21)11-9-14/h2-11H,1H3,(H,17,19)/b7-4-. The first kappa shape index (κ1) is 14.5. The van der Waals surface area contributed by atoms with Crippen LogP contribution in [0.15, 0.2) is 54.9 Å². The largest absolute Gasteiger partial charge is 0.619 e. The second-order valence-corrected chi connectivity index (χ2v) is 4.45. The molecule has 0 fully saturated rings. The van der Waals surface area contributed by atoms with Crippen LogP contribution < -0.4 is 10.0 Å². The highest BCUT2D eigenvalue weighted by Crippen LogP contribution is 2.11. The van der Waals surface area contributed by atoms with Crippen molar-refractivity contribution in [2.45, 2.75) is 6.92 Å². The van der Waals surface area contributed by atoms with E-state index in [0.29, 0.717) is 16.0 Å². The predicted octanol–water partition coefficient (Wildman–Crippen LogP) is 2.17. The van der Waals surface area contributed by atoms with Gasteiger partial charge in [-0.1, -0.05) is 18.2 Å². The topological polar surface area (TPSA) is 73.1 Å². The lowest BCUT2D eigenvalue weighted by Gasteiger charge is -2.01. The number of hydrogen-bond acceptors (Lipinski definition) is 3. The summed E-state index contributed by atoms with van der Waals surface area (Å²) in [6.45, 7) is 1.44. The summed E-state index contributed by atoms with van der Waals surface area (Å²) < 4.78 is 0.626. The maximum atomic E-state index is 11.9. The number of benzene rings is 1. The fraction of sp³-hybridized carbons (Fsp3) is 0.0625. The molecule has 0 radical (unpaired) electrons. The Morgan fingerprint density at radius 3 is 2.29 bits per heavy atom. The molecule has 0 aliphatic rings. The van der Waals surface area contributed by atoms with Crippen LogP contribution in [0.3, 0.4) is 0 Å². The lowest BCUT2D eigenvalue weighted by molar-refractivity contribution is -0.605. The van der Waals surface area contributed by atoms with Gasteiger partial charge in [-0.05, 0) is 23.8 Å². The average Bonchev–Trinajstić information content (AvgIpc) is 2.46. The summed E-state index contributed by atoms with van der Waals surface area (Å²) in [6.07, 6.45) is 5.68. The van der Waals surface area contributed by atoms with Gasteiger partial charge >= 0.3 is 0 Å². The lowest BCUT2D eigenvalue weighted by atomic mass is 10.1. The maximum Gasteiger partial charge on any atom is 0.221 e. The monoisotopic (exact) mass is 282 g/mol. The Balaban J connectivity index is 2.05. The van der Waals surface area contributed by atoms with E-state index in [-0.39, 0.29) is 11.7 Å². The van der Waals surface area contributed by atoms with Gasteiger partial charge in [0.1, 0.15) is 0 Å². The third-order valence-corrected chi connectivity index (χ3v) is 2.74. The molecule has 0 saturated heterocycles. The van der Waals surface area contributed by atoms with E-state index in [9.17, 15) is 14.8 Å². The number of aromatic nitrogens is 1. The molecule has 1 aromatic heterocycles. The summed E-state index contributed by atoms with van der Waals surface area (Å²) in [5, 5.41) is 13.6. The van der Waals surface area contributed by atoms with Gasteiger partial charge in [-0.15, -0.1) is 0 Å². The van der Waals surface area contributed by atoms with E-state index in [0.717, 1.165) is 5.56 Å². The van der Waals surface area contributed by atoms with Crippen molar-refractivity contribution < 1.29 is 14.3 Å². The molecule has 106 valence electrons. The number of nitrogens with one attached hydrogen (secondary N) is 1. The van der Waals surface area contributed by atoms with Crippen molar-refractivity contribution in [1.82, 2.24) is 0 Å². The van der Waals surface area contributed by atoms with Gasteiger partial charge in [0.25, 0.3) is 0 Å². The molecule has 2 aromatic rings. The third-order valence-electron chi connectivity index (χ3n) is 2.74. The van der Waals surface area contributed by atoms with Crippen molar-refractivity contribution in [1.29, 1.82) is 0 Å². The van der Waals surface area contributed by atoms with Gasteiger partial charge in [-0.2, -0.15) is 4.73 Å². The first-order chi connectivity index (χ1) is 10.0. The molecule has 5 nitrogen and oxygen atoms in total. The maximum absolute atomic E-state index is 11.9. The van der Waals surface area contributed by atoms with Gasteiger partial charge in [0.05, 0.1) is 0 Å². The SMILES string of the molecule is CC(=O)Nc1ccc(/C=C\C(=O)c2cc[n+]([O-])cc2)cc1. The number of allylic oxidation sites excluding steroid dienone is 1. The number of hydrogen-bond donors (Lipinski definition) is 1. The molecule has 0 unspecified atom stereocenters. The molecule has 5 heteroatoms. The Bertz CT molecular complexity index is 674. The number of anilines is 1. The van der Waals surface area contributed by atoms with Gasteiger partial charge < -0.3 is 10.5 Å². The highest BCUT2D eigenvalue weighted by molar-refractivity contribution is 6.06. The van der Waals surface area contributed by atoms with Gasteiger partial charge in [0.15, 0.2) is 18.2 Å². The minimum atomic E-state index is -0.179. The molecule has 2 rings (SSSR count). The van der Waals surface area contributed by atoms with Crippen LogP contribution in [0.5, 0.6) is 0 Å². The molecule has 1 N–H and O–H groups in total. The number of pyridine rings is 1. The summed E-state index contributed by atoms with van der Waals surface area (Å²) in [5.74, 6) is -0.310. The summed E-state index contributed by atoms with van der Waals surface area (Å²) in [6, 6.07) is 10.1. The Morgan fingerprint density at radius 1 is 1.10 bits per heavy atom. The van der Waals surface area contributed by atoms with Gasteiger partial charge in [0.2, 0.25) is 5.91 Å². The first-order valence-electron chi connectivity index (χ1n) is 6.33. The lowest BCUT2D eigenvalue weighted by Crippen LogP contribution is -2.24. The molecule has 1 aromatic carbocycles. The normalized spacial score (nSPS) is 10.5. The van der Waals surface area contributed by atoms with Gasteiger partial charge in [-0.3, -0.25) is 9.59 Å². The number of carbonyl (C=O) groups is 2. The molecule has 0 aliphatic heterocycles. The summed E-state index contributed by atoms with van der Waals surface area (Å²) in [5.41, 5.74) is 1.99. The Morgan fingerprint density at radius 2 is 1.71 bits per heavy atom. The van der Waals surface area contributed by atoms with Crippen LogP contribution in [-0.4, -0.2) is 11.7 Å². The second kappa shape index (κ2) is 6.47. The van der Waals surface area contributed by atoms with Crippen LogP contribution in [0.2, 0.25) is 0 Å². The molecular formula is C16H14N2O3. The third kappa shape index (κ3) is 4.28. The molecule has 1 amide bonds. The predicted molar refractivity (Wildman–Crippen MR) is 79.5 cm³/mol. The van der Waals surface area contributed by atoms with Crippen LogP contribution in [0.25, 0.3) is 6.08 Å². The molecule has 0 spiro atoms. The summed E-state index contributed by atoms with van der Waals surface area (Å²) in [4.78, 5) is 22.8. The molecule has 0 aliphatic carbocycles. The van der Waals surface area contributed by atoms with Crippen LogP contribution in [0, 0.1) is 5.21 Å². The van der Waals surface area contributed by atoms with E-state index in [4.69, 9.17) is 0 Å². The molecule has 0 saturated carbocycles. The van der Waals surface area contributed by atoms with Gasteiger partial charge in [-0.25, -0.2) is 0 Å². The highest BCUT2D eigenvalue weighted by atomic mass is 16.5. The number of nitrogens with zero attached hydrogens (tertiary/aromatic N) is 1. The Hall–Kier alpha value is -2.95. The van der Waals surface area contributed by atoms with E-state index in [1.165, 1.54) is 37.5 Å². The smallest absolute Gasteiger partial charge is 0.221 e. The fourth-order valence-electron chi connectivity index (χ4n) is 1.73. The van der Waals surface area contributed by atoms with Crippen molar-refractivity contribution >= 4 is 23.5 Å². The zero-order valence-corrected chi connectivity index (χ0v) is 11.4. The highest BCUT2D eigenvalue weighted by Gasteiger charge is 2.02. The van der Waals surface area contributed by atoms with Crippen molar-refractivity contribution in [3.8, 4) is 0 Å². The zero-order chi connectivity index (χ0) is 15.2. The molecule has 21 heavy (non-hydrogen) atoms. The van der Waals surface area contributed by atoms with E-state index in [1.807, 2.05) is 0 Å².